The summed E-state index contributed by atoms with van der Waals surface area (Å²) in [5, 5.41) is 13.4. The minimum Gasteiger partial charge on any atom is -0.392 e. The van der Waals surface area contributed by atoms with Crippen LogP contribution >= 0.6 is 0 Å². The van der Waals surface area contributed by atoms with Gasteiger partial charge in [0.1, 0.15) is 0 Å². The predicted molar refractivity (Wildman–Crippen MR) is 83.5 cm³/mol. The van der Waals surface area contributed by atoms with Crippen LogP contribution in [0.3, 0.4) is 0 Å². The number of aliphatic hydroxyl groups is 1. The molecule has 0 aromatic carbocycles. The molecule has 1 aliphatic carbocycles. The molecule has 120 valence electrons. The van der Waals surface area contributed by atoms with E-state index in [4.69, 9.17) is 0 Å². The van der Waals surface area contributed by atoms with Gasteiger partial charge in [-0.25, -0.2) is 8.42 Å². The largest absolute Gasteiger partial charge is 0.392 e. The maximum Gasteiger partial charge on any atom is 0.151 e. The second kappa shape index (κ2) is 6.75. The van der Waals surface area contributed by atoms with Crippen molar-refractivity contribution in [3.8, 4) is 0 Å². The summed E-state index contributed by atoms with van der Waals surface area (Å²) in [5.74, 6) is 0.198. The molecule has 4 nitrogen and oxygen atoms in total. The normalized spacial score (nSPS) is 26.8. The summed E-state index contributed by atoms with van der Waals surface area (Å²) in [4.78, 5) is 0. The fourth-order valence-corrected chi connectivity index (χ4v) is 4.67. The van der Waals surface area contributed by atoms with Crippen molar-refractivity contribution in [3.63, 3.8) is 0 Å². The quantitative estimate of drug-likeness (QED) is 0.787. The topological polar surface area (TPSA) is 66.4 Å². The molecule has 0 heterocycles. The number of rotatable bonds is 6. The molecular weight excluding hydrogens is 274 g/mol. The van der Waals surface area contributed by atoms with Gasteiger partial charge in [-0.2, -0.15) is 0 Å². The molecule has 0 spiro atoms. The molecule has 1 saturated carbocycles. The Morgan fingerprint density at radius 3 is 2.30 bits per heavy atom. The monoisotopic (exact) mass is 305 g/mol. The van der Waals surface area contributed by atoms with Crippen molar-refractivity contribution in [1.82, 2.24) is 5.32 Å². The van der Waals surface area contributed by atoms with Gasteiger partial charge >= 0.3 is 0 Å². The first-order valence-corrected chi connectivity index (χ1v) is 9.61. The van der Waals surface area contributed by atoms with Crippen molar-refractivity contribution in [2.45, 2.75) is 70.8 Å². The van der Waals surface area contributed by atoms with Gasteiger partial charge in [0.25, 0.3) is 0 Å². The molecule has 0 aromatic heterocycles. The summed E-state index contributed by atoms with van der Waals surface area (Å²) in [5.41, 5.74) is -0.256. The Hall–Kier alpha value is -0.130. The van der Waals surface area contributed by atoms with E-state index in [0.29, 0.717) is 6.54 Å². The van der Waals surface area contributed by atoms with Crippen molar-refractivity contribution in [2.75, 3.05) is 12.8 Å². The number of sulfone groups is 1. The molecule has 0 amide bonds. The minimum atomic E-state index is -3.00. The van der Waals surface area contributed by atoms with Crippen LogP contribution < -0.4 is 5.32 Å². The zero-order chi connectivity index (χ0) is 15.6. The van der Waals surface area contributed by atoms with Gasteiger partial charge in [0.15, 0.2) is 9.84 Å². The molecule has 0 aromatic rings. The van der Waals surface area contributed by atoms with Crippen LogP contribution in [-0.4, -0.2) is 43.7 Å². The first-order chi connectivity index (χ1) is 9.05. The lowest BCUT2D eigenvalue weighted by molar-refractivity contribution is 0.0115. The van der Waals surface area contributed by atoms with Crippen molar-refractivity contribution in [2.24, 2.45) is 11.3 Å². The number of aliphatic hydroxyl groups excluding tert-OH is 1. The van der Waals surface area contributed by atoms with Gasteiger partial charge in [-0.1, -0.05) is 40.5 Å². The number of nitrogens with one attached hydrogen (secondary N) is 1. The van der Waals surface area contributed by atoms with Crippen molar-refractivity contribution < 1.29 is 13.5 Å². The second-order valence-corrected chi connectivity index (χ2v) is 9.58. The molecule has 1 fully saturated rings. The molecule has 3 atom stereocenters. The summed E-state index contributed by atoms with van der Waals surface area (Å²) in [7, 11) is -3.00. The summed E-state index contributed by atoms with van der Waals surface area (Å²) >= 11 is 0. The van der Waals surface area contributed by atoms with E-state index in [1.165, 1.54) is 6.26 Å². The third-order valence-corrected chi connectivity index (χ3v) is 6.17. The smallest absolute Gasteiger partial charge is 0.151 e. The zero-order valence-corrected chi connectivity index (χ0v) is 14.3. The van der Waals surface area contributed by atoms with Gasteiger partial charge in [-0.05, 0) is 18.8 Å². The molecule has 0 radical (unpaired) electrons. The number of hydrogen-bond donors (Lipinski definition) is 2. The van der Waals surface area contributed by atoms with Gasteiger partial charge in [-0.3, -0.25) is 0 Å². The third-order valence-electron chi connectivity index (χ3n) is 4.50. The molecule has 20 heavy (non-hydrogen) atoms. The van der Waals surface area contributed by atoms with Crippen molar-refractivity contribution in [1.29, 1.82) is 0 Å². The first kappa shape index (κ1) is 17.9. The summed E-state index contributed by atoms with van der Waals surface area (Å²) < 4.78 is 23.7. The van der Waals surface area contributed by atoms with Gasteiger partial charge in [0.2, 0.25) is 0 Å². The Labute approximate surface area is 124 Å². The van der Waals surface area contributed by atoms with E-state index in [1.807, 2.05) is 27.7 Å². The number of hydrogen-bond acceptors (Lipinski definition) is 4. The summed E-state index contributed by atoms with van der Waals surface area (Å²) in [6.07, 6.45) is 4.68. The Bertz CT molecular complexity index is 403. The van der Waals surface area contributed by atoms with E-state index >= 15 is 0 Å². The van der Waals surface area contributed by atoms with Crippen LogP contribution in [0, 0.1) is 11.3 Å². The molecule has 3 unspecified atom stereocenters. The van der Waals surface area contributed by atoms with Crippen LogP contribution in [0.5, 0.6) is 0 Å². The van der Waals surface area contributed by atoms with Gasteiger partial charge in [0, 0.05) is 24.3 Å². The third kappa shape index (κ3) is 4.71. The molecule has 1 aliphatic rings. The van der Waals surface area contributed by atoms with E-state index in [-0.39, 0.29) is 22.6 Å². The average Bonchev–Trinajstić information content (AvgIpc) is 2.34. The van der Waals surface area contributed by atoms with Gasteiger partial charge < -0.3 is 10.4 Å². The Morgan fingerprint density at radius 1 is 1.25 bits per heavy atom. The van der Waals surface area contributed by atoms with Crippen LogP contribution in [0.1, 0.15) is 53.4 Å². The predicted octanol–water partition coefficient (Wildman–Crippen LogP) is 1.97. The van der Waals surface area contributed by atoms with E-state index < -0.39 is 15.9 Å². The van der Waals surface area contributed by atoms with E-state index in [1.54, 1.807) is 0 Å². The van der Waals surface area contributed by atoms with E-state index in [0.717, 1.165) is 25.7 Å². The van der Waals surface area contributed by atoms with Crippen LogP contribution in [0.2, 0.25) is 0 Å². The van der Waals surface area contributed by atoms with Crippen LogP contribution in [0.25, 0.3) is 0 Å². The Balaban J connectivity index is 2.67. The molecule has 5 heteroatoms. The summed E-state index contributed by atoms with van der Waals surface area (Å²) in [6, 6.07) is 0.0254. The Morgan fingerprint density at radius 2 is 1.80 bits per heavy atom. The van der Waals surface area contributed by atoms with Crippen molar-refractivity contribution >= 4 is 9.84 Å². The fourth-order valence-electron chi connectivity index (χ4n) is 3.24. The molecule has 0 aliphatic heterocycles. The SMILES string of the molecule is CC(C)C(O)C(C)(C)CNC1CCCCC1S(C)(=O)=O. The molecule has 2 N–H and O–H groups in total. The first-order valence-electron chi connectivity index (χ1n) is 7.66. The van der Waals surface area contributed by atoms with E-state index in [9.17, 15) is 13.5 Å². The Kier molecular flexibility index (Phi) is 6.05. The highest BCUT2D eigenvalue weighted by Gasteiger charge is 2.35. The minimum absolute atomic E-state index is 0.0254. The lowest BCUT2D eigenvalue weighted by Crippen LogP contribution is -2.51. The highest BCUT2D eigenvalue weighted by Crippen LogP contribution is 2.28. The average molecular weight is 305 g/mol. The highest BCUT2D eigenvalue weighted by molar-refractivity contribution is 7.91. The fraction of sp³-hybridized carbons (Fsp3) is 1.00. The zero-order valence-electron chi connectivity index (χ0n) is 13.5. The van der Waals surface area contributed by atoms with Gasteiger partial charge in [0.05, 0.1) is 11.4 Å². The molecular formula is C15H31NO3S. The standard InChI is InChI=1S/C15H31NO3S/c1-11(2)14(17)15(3,4)10-16-12-8-6-7-9-13(12)20(5,18)19/h11-14,16-17H,6-10H2,1-5H3. The molecule has 0 bridgehead atoms. The van der Waals surface area contributed by atoms with E-state index in [2.05, 4.69) is 5.32 Å². The maximum absolute atomic E-state index is 11.9. The lowest BCUT2D eigenvalue weighted by Gasteiger charge is -2.37. The maximum atomic E-state index is 11.9. The van der Waals surface area contributed by atoms with Gasteiger partial charge in [-0.15, -0.1) is 0 Å². The lowest BCUT2D eigenvalue weighted by atomic mass is 9.80. The molecule has 1 rings (SSSR count). The highest BCUT2D eigenvalue weighted by atomic mass is 32.2. The van der Waals surface area contributed by atoms with Crippen LogP contribution in [0.15, 0.2) is 0 Å². The van der Waals surface area contributed by atoms with Crippen LogP contribution in [0.4, 0.5) is 0 Å². The van der Waals surface area contributed by atoms with Crippen LogP contribution in [-0.2, 0) is 9.84 Å². The second-order valence-electron chi connectivity index (χ2n) is 7.32. The molecule has 0 saturated heterocycles. The van der Waals surface area contributed by atoms with Crippen molar-refractivity contribution in [3.05, 3.63) is 0 Å². The summed E-state index contributed by atoms with van der Waals surface area (Å²) in [6.45, 7) is 8.72.